The van der Waals surface area contributed by atoms with Gasteiger partial charge in [0.2, 0.25) is 0 Å². The van der Waals surface area contributed by atoms with Crippen molar-refractivity contribution in [1.82, 2.24) is 4.98 Å². The molecule has 0 radical (unpaired) electrons. The van der Waals surface area contributed by atoms with Gasteiger partial charge in [-0.15, -0.1) is 0 Å². The molecule has 0 bridgehead atoms. The van der Waals surface area contributed by atoms with Crippen LogP contribution in [0.15, 0.2) is 21.3 Å². The molecule has 0 aromatic carbocycles. The highest BCUT2D eigenvalue weighted by molar-refractivity contribution is 9.11. The van der Waals surface area contributed by atoms with Crippen LogP contribution in [0.2, 0.25) is 0 Å². The van der Waals surface area contributed by atoms with Crippen molar-refractivity contribution >= 4 is 37.5 Å². The van der Waals surface area contributed by atoms with Gasteiger partial charge in [-0.3, -0.25) is 0 Å². The Balaban J connectivity index is 2.24. The molecule has 2 rings (SSSR count). The summed E-state index contributed by atoms with van der Waals surface area (Å²) in [4.78, 5) is 6.39. The van der Waals surface area contributed by atoms with E-state index in [9.17, 15) is 5.11 Å². The fourth-order valence-corrected chi connectivity index (χ4v) is 2.59. The highest BCUT2D eigenvalue weighted by Crippen LogP contribution is 2.29. The molecule has 0 aliphatic carbocycles. The Morgan fingerprint density at radius 3 is 3.00 bits per heavy atom. The molecule has 15 heavy (non-hydrogen) atoms. The minimum absolute atomic E-state index is 0.218. The van der Waals surface area contributed by atoms with Crippen LogP contribution in [0.25, 0.3) is 0 Å². The molecule has 3 nitrogen and oxygen atoms in total. The van der Waals surface area contributed by atoms with Crippen LogP contribution in [-0.2, 0) is 0 Å². The second-order valence-corrected chi connectivity index (χ2v) is 5.37. The van der Waals surface area contributed by atoms with Crippen molar-refractivity contribution < 1.29 is 5.11 Å². The second kappa shape index (κ2) is 4.80. The third kappa shape index (κ3) is 2.71. The molecule has 1 aliphatic rings. The summed E-state index contributed by atoms with van der Waals surface area (Å²) in [6.45, 7) is 1.67. The number of aliphatic hydroxyl groups is 1. The smallest absolute Gasteiger partial charge is 0.129 e. The molecule has 0 saturated carbocycles. The van der Waals surface area contributed by atoms with Crippen molar-refractivity contribution in [3.8, 4) is 0 Å². The van der Waals surface area contributed by atoms with E-state index in [0.29, 0.717) is 6.54 Å². The van der Waals surface area contributed by atoms with Crippen molar-refractivity contribution in [3.63, 3.8) is 0 Å². The van der Waals surface area contributed by atoms with Gasteiger partial charge in [-0.2, -0.15) is 0 Å². The number of aliphatic hydroxyl groups excluding tert-OH is 1. The van der Waals surface area contributed by atoms with E-state index in [1.54, 1.807) is 6.20 Å². The van der Waals surface area contributed by atoms with Crippen molar-refractivity contribution in [2.24, 2.45) is 0 Å². The van der Waals surface area contributed by atoms with E-state index in [1.807, 2.05) is 6.07 Å². The first-order valence-corrected chi connectivity index (χ1v) is 6.49. The highest BCUT2D eigenvalue weighted by atomic mass is 79.9. The molecule has 1 fully saturated rings. The van der Waals surface area contributed by atoms with Gasteiger partial charge in [0, 0.05) is 23.8 Å². The normalized spacial score (nSPS) is 21.8. The zero-order valence-corrected chi connectivity index (χ0v) is 11.3. The first kappa shape index (κ1) is 11.4. The van der Waals surface area contributed by atoms with Crippen LogP contribution in [0.3, 0.4) is 0 Å². The van der Waals surface area contributed by atoms with Crippen LogP contribution in [0.4, 0.5) is 5.69 Å². The first-order chi connectivity index (χ1) is 7.16. The van der Waals surface area contributed by atoms with E-state index in [4.69, 9.17) is 0 Å². The molecular formula is C10H12Br2N2O. The fraction of sp³-hybridized carbons (Fsp3) is 0.500. The largest absolute Gasteiger partial charge is 0.391 e. The van der Waals surface area contributed by atoms with Gasteiger partial charge in [0.25, 0.3) is 0 Å². The number of halogens is 2. The van der Waals surface area contributed by atoms with Gasteiger partial charge in [-0.1, -0.05) is 0 Å². The number of hydrogen-bond donors (Lipinski definition) is 1. The predicted molar refractivity (Wildman–Crippen MR) is 67.1 cm³/mol. The SMILES string of the molecule is OC1CCCN(c2cc(Br)cnc2Br)C1. The van der Waals surface area contributed by atoms with E-state index >= 15 is 0 Å². The lowest BCUT2D eigenvalue weighted by molar-refractivity contribution is 0.154. The Labute approximate surface area is 106 Å². The van der Waals surface area contributed by atoms with Crippen LogP contribution >= 0.6 is 31.9 Å². The molecule has 1 unspecified atom stereocenters. The topological polar surface area (TPSA) is 36.4 Å². The van der Waals surface area contributed by atoms with Crippen LogP contribution in [0.1, 0.15) is 12.8 Å². The van der Waals surface area contributed by atoms with Crippen molar-refractivity contribution in [3.05, 3.63) is 21.3 Å². The summed E-state index contributed by atoms with van der Waals surface area (Å²) < 4.78 is 1.79. The third-order valence-corrected chi connectivity index (χ3v) is 3.57. The van der Waals surface area contributed by atoms with Gasteiger partial charge >= 0.3 is 0 Å². The number of piperidine rings is 1. The summed E-state index contributed by atoms with van der Waals surface area (Å²) in [7, 11) is 0. The standard InChI is InChI=1S/C10H12Br2N2O/c11-7-4-9(10(12)13-5-7)14-3-1-2-8(15)6-14/h4-5,8,15H,1-3,6H2. The summed E-state index contributed by atoms with van der Waals surface area (Å²) in [5.74, 6) is 0. The van der Waals surface area contributed by atoms with Gasteiger partial charge in [0.05, 0.1) is 11.8 Å². The van der Waals surface area contributed by atoms with Crippen molar-refractivity contribution in [2.45, 2.75) is 18.9 Å². The Bertz CT molecular complexity index is 359. The third-order valence-electron chi connectivity index (χ3n) is 2.52. The average Bonchev–Trinajstić information content (AvgIpc) is 2.22. The monoisotopic (exact) mass is 334 g/mol. The van der Waals surface area contributed by atoms with E-state index in [1.165, 1.54) is 0 Å². The summed E-state index contributed by atoms with van der Waals surface area (Å²) in [5, 5.41) is 9.61. The molecular weight excluding hydrogens is 324 g/mol. The zero-order valence-electron chi connectivity index (χ0n) is 8.16. The number of pyridine rings is 1. The van der Waals surface area contributed by atoms with E-state index in [0.717, 1.165) is 34.1 Å². The molecule has 1 N–H and O–H groups in total. The molecule has 1 aromatic rings. The summed E-state index contributed by atoms with van der Waals surface area (Å²) in [5.41, 5.74) is 1.04. The Kier molecular flexibility index (Phi) is 3.64. The molecule has 1 aromatic heterocycles. The Hall–Kier alpha value is -0.130. The number of nitrogens with zero attached hydrogens (tertiary/aromatic N) is 2. The summed E-state index contributed by atoms with van der Waals surface area (Å²) in [6, 6.07) is 2.02. The summed E-state index contributed by atoms with van der Waals surface area (Å²) >= 11 is 6.84. The minimum atomic E-state index is -0.218. The van der Waals surface area contributed by atoms with E-state index < -0.39 is 0 Å². The number of rotatable bonds is 1. The molecule has 1 saturated heterocycles. The van der Waals surface area contributed by atoms with E-state index in [2.05, 4.69) is 41.7 Å². The molecule has 2 heterocycles. The molecule has 1 aliphatic heterocycles. The predicted octanol–water partition coefficient (Wildman–Crippen LogP) is 2.57. The Morgan fingerprint density at radius 1 is 1.47 bits per heavy atom. The maximum atomic E-state index is 9.61. The lowest BCUT2D eigenvalue weighted by Crippen LogP contribution is -2.38. The fourth-order valence-electron chi connectivity index (χ4n) is 1.81. The van der Waals surface area contributed by atoms with Crippen molar-refractivity contribution in [1.29, 1.82) is 0 Å². The molecule has 82 valence electrons. The number of hydrogen-bond acceptors (Lipinski definition) is 3. The minimum Gasteiger partial charge on any atom is -0.391 e. The van der Waals surface area contributed by atoms with Crippen LogP contribution in [-0.4, -0.2) is 29.3 Å². The number of β-amino-alcohol motifs (C(OH)–C–C–N with tert-alkyl or cyclic N) is 1. The van der Waals surface area contributed by atoms with Crippen molar-refractivity contribution in [2.75, 3.05) is 18.0 Å². The molecule has 1 atom stereocenters. The average molecular weight is 336 g/mol. The van der Waals surface area contributed by atoms with Crippen LogP contribution in [0.5, 0.6) is 0 Å². The summed E-state index contributed by atoms with van der Waals surface area (Å²) in [6.07, 6.45) is 3.47. The van der Waals surface area contributed by atoms with Gasteiger partial charge < -0.3 is 10.0 Å². The molecule has 0 spiro atoms. The van der Waals surface area contributed by atoms with Crippen LogP contribution < -0.4 is 4.90 Å². The van der Waals surface area contributed by atoms with Gasteiger partial charge in [0.15, 0.2) is 0 Å². The molecule has 0 amide bonds. The Morgan fingerprint density at radius 2 is 2.27 bits per heavy atom. The maximum absolute atomic E-state index is 9.61. The van der Waals surface area contributed by atoms with E-state index in [-0.39, 0.29) is 6.10 Å². The lowest BCUT2D eigenvalue weighted by atomic mass is 10.1. The van der Waals surface area contributed by atoms with Gasteiger partial charge in [0.1, 0.15) is 4.60 Å². The quantitative estimate of drug-likeness (QED) is 0.801. The number of aromatic nitrogens is 1. The lowest BCUT2D eigenvalue weighted by Gasteiger charge is -2.32. The first-order valence-electron chi connectivity index (χ1n) is 4.91. The zero-order chi connectivity index (χ0) is 10.8. The van der Waals surface area contributed by atoms with Crippen LogP contribution in [0, 0.1) is 0 Å². The highest BCUT2D eigenvalue weighted by Gasteiger charge is 2.20. The second-order valence-electron chi connectivity index (χ2n) is 3.71. The van der Waals surface area contributed by atoms with Gasteiger partial charge in [-0.05, 0) is 50.8 Å². The maximum Gasteiger partial charge on any atom is 0.129 e. The van der Waals surface area contributed by atoms with Gasteiger partial charge in [-0.25, -0.2) is 4.98 Å². The molecule has 5 heteroatoms. The number of anilines is 1.